The van der Waals surface area contributed by atoms with Crippen molar-refractivity contribution < 1.29 is 14.6 Å². The summed E-state index contributed by atoms with van der Waals surface area (Å²) in [5, 5.41) is 16.4. The summed E-state index contributed by atoms with van der Waals surface area (Å²) in [5.41, 5.74) is 5.18. The molecule has 2 rings (SSSR count). The van der Waals surface area contributed by atoms with Gasteiger partial charge < -0.3 is 9.84 Å². The van der Waals surface area contributed by atoms with Gasteiger partial charge in [-0.3, -0.25) is 10.2 Å². The number of hydrogen-bond donors (Lipinski definition) is 2. The highest BCUT2D eigenvalue weighted by Gasteiger charge is 2.15. The van der Waals surface area contributed by atoms with Crippen LogP contribution < -0.4 is 5.43 Å². The van der Waals surface area contributed by atoms with Gasteiger partial charge in [0.25, 0.3) is 0 Å². The molecule has 0 spiro atoms. The largest absolute Gasteiger partial charge is 0.507 e. The number of hydrogen-bond acceptors (Lipinski definition) is 7. The molecule has 2 N–H and O–H groups in total. The molecule has 0 fully saturated rings. The van der Waals surface area contributed by atoms with Crippen molar-refractivity contribution in [2.45, 2.75) is 39.5 Å². The van der Waals surface area contributed by atoms with Crippen LogP contribution in [0, 0.1) is 0 Å². The summed E-state index contributed by atoms with van der Waals surface area (Å²) in [4.78, 5) is 15.7. The van der Waals surface area contributed by atoms with Gasteiger partial charge in [0.15, 0.2) is 0 Å². The number of hydrazone groups is 1. The van der Waals surface area contributed by atoms with Crippen molar-refractivity contribution in [1.29, 1.82) is 0 Å². The van der Waals surface area contributed by atoms with E-state index in [1.54, 1.807) is 24.6 Å². The molecule has 0 aliphatic heterocycles. The molecule has 0 saturated heterocycles. The molecule has 1 aromatic heterocycles. The van der Waals surface area contributed by atoms with Crippen LogP contribution in [0.15, 0.2) is 28.7 Å². The van der Waals surface area contributed by atoms with E-state index in [0.29, 0.717) is 23.0 Å². The standard InChI is InChI=1S/C18H23N3O3S/c1-5-24-16(23)9-14-11-25-17(20-14)21-19-10-12-8-13(18(2,3)4)6-7-15(12)22/h6-8,10-11,22H,5,9H2,1-4H3,(H,20,21). The van der Waals surface area contributed by atoms with Gasteiger partial charge in [-0.15, -0.1) is 11.3 Å². The minimum absolute atomic E-state index is 0.0129. The summed E-state index contributed by atoms with van der Waals surface area (Å²) in [6, 6.07) is 5.49. The Morgan fingerprint density at radius 1 is 1.44 bits per heavy atom. The zero-order chi connectivity index (χ0) is 18.4. The van der Waals surface area contributed by atoms with Gasteiger partial charge in [-0.2, -0.15) is 5.10 Å². The number of esters is 1. The fourth-order valence-corrected chi connectivity index (χ4v) is 2.74. The predicted octanol–water partition coefficient (Wildman–Crippen LogP) is 3.70. The second-order valence-electron chi connectivity index (χ2n) is 6.52. The van der Waals surface area contributed by atoms with Crippen molar-refractivity contribution in [3.05, 3.63) is 40.4 Å². The van der Waals surface area contributed by atoms with E-state index >= 15 is 0 Å². The summed E-state index contributed by atoms with van der Waals surface area (Å²) in [7, 11) is 0. The average molecular weight is 361 g/mol. The van der Waals surface area contributed by atoms with Gasteiger partial charge in [0.1, 0.15) is 5.75 Å². The third-order valence-corrected chi connectivity index (χ3v) is 4.24. The molecular formula is C18H23N3O3S. The van der Waals surface area contributed by atoms with E-state index in [9.17, 15) is 9.90 Å². The number of benzene rings is 1. The molecule has 25 heavy (non-hydrogen) atoms. The highest BCUT2D eigenvalue weighted by atomic mass is 32.1. The van der Waals surface area contributed by atoms with Crippen LogP contribution in [0.5, 0.6) is 5.75 Å². The van der Waals surface area contributed by atoms with Crippen molar-refractivity contribution in [3.8, 4) is 5.75 Å². The average Bonchev–Trinajstić information content (AvgIpc) is 2.95. The minimum Gasteiger partial charge on any atom is -0.507 e. The number of ether oxygens (including phenoxy) is 1. The Kier molecular flexibility index (Phi) is 6.14. The first-order chi connectivity index (χ1) is 11.8. The Morgan fingerprint density at radius 3 is 2.88 bits per heavy atom. The van der Waals surface area contributed by atoms with E-state index in [1.165, 1.54) is 11.3 Å². The number of nitrogens with one attached hydrogen (secondary N) is 1. The first kappa shape index (κ1) is 18.9. The molecule has 134 valence electrons. The van der Waals surface area contributed by atoms with Crippen LogP contribution in [0.3, 0.4) is 0 Å². The summed E-state index contributed by atoms with van der Waals surface area (Å²) in [6.07, 6.45) is 1.70. The first-order valence-electron chi connectivity index (χ1n) is 8.02. The van der Waals surface area contributed by atoms with Crippen molar-refractivity contribution in [1.82, 2.24) is 4.98 Å². The van der Waals surface area contributed by atoms with E-state index < -0.39 is 0 Å². The minimum atomic E-state index is -0.299. The van der Waals surface area contributed by atoms with Crippen LogP contribution in [-0.4, -0.2) is 28.9 Å². The summed E-state index contributed by atoms with van der Waals surface area (Å²) >= 11 is 1.35. The zero-order valence-corrected chi connectivity index (χ0v) is 15.7. The topological polar surface area (TPSA) is 83.8 Å². The van der Waals surface area contributed by atoms with E-state index in [4.69, 9.17) is 4.74 Å². The molecular weight excluding hydrogens is 338 g/mol. The number of phenolic OH excluding ortho intramolecular Hbond substituents is 1. The fraction of sp³-hybridized carbons (Fsp3) is 0.389. The van der Waals surface area contributed by atoms with Gasteiger partial charge in [0, 0.05) is 10.9 Å². The number of nitrogens with zero attached hydrogens (tertiary/aromatic N) is 2. The van der Waals surface area contributed by atoms with Crippen LogP contribution in [0.4, 0.5) is 5.13 Å². The third-order valence-electron chi connectivity index (χ3n) is 3.44. The molecule has 0 bridgehead atoms. The molecule has 0 aliphatic rings. The van der Waals surface area contributed by atoms with Crippen molar-refractivity contribution in [3.63, 3.8) is 0 Å². The van der Waals surface area contributed by atoms with Gasteiger partial charge in [0.05, 0.1) is 24.9 Å². The molecule has 7 heteroatoms. The van der Waals surface area contributed by atoms with Crippen LogP contribution in [0.25, 0.3) is 0 Å². The number of phenols is 1. The Balaban J connectivity index is 2.02. The number of thiazole rings is 1. The van der Waals surface area contributed by atoms with E-state index in [1.807, 2.05) is 12.1 Å². The van der Waals surface area contributed by atoms with Crippen LogP contribution in [0.1, 0.15) is 44.5 Å². The predicted molar refractivity (Wildman–Crippen MR) is 100 cm³/mol. The summed E-state index contributed by atoms with van der Waals surface area (Å²) in [6.45, 7) is 8.46. The van der Waals surface area contributed by atoms with Gasteiger partial charge in [-0.1, -0.05) is 26.8 Å². The number of rotatable bonds is 6. The molecule has 1 aromatic carbocycles. The lowest BCUT2D eigenvalue weighted by Crippen LogP contribution is -2.11. The highest BCUT2D eigenvalue weighted by Crippen LogP contribution is 2.26. The Labute approximate surface area is 151 Å². The van der Waals surface area contributed by atoms with Gasteiger partial charge in [0.2, 0.25) is 5.13 Å². The van der Waals surface area contributed by atoms with Crippen LogP contribution in [0.2, 0.25) is 0 Å². The maximum atomic E-state index is 11.4. The molecule has 1 heterocycles. The Hall–Kier alpha value is -2.41. The lowest BCUT2D eigenvalue weighted by atomic mass is 9.86. The lowest BCUT2D eigenvalue weighted by Gasteiger charge is -2.19. The van der Waals surface area contributed by atoms with Crippen LogP contribution >= 0.6 is 11.3 Å². The van der Waals surface area contributed by atoms with E-state index in [-0.39, 0.29) is 23.6 Å². The third kappa shape index (κ3) is 5.56. The summed E-state index contributed by atoms with van der Waals surface area (Å²) < 4.78 is 4.89. The van der Waals surface area contributed by atoms with E-state index in [0.717, 1.165) is 5.56 Å². The molecule has 0 saturated carbocycles. The second kappa shape index (κ2) is 8.11. The van der Waals surface area contributed by atoms with Crippen molar-refractivity contribution >= 4 is 28.7 Å². The normalized spacial score (nSPS) is 11.7. The quantitative estimate of drug-likeness (QED) is 0.466. The molecule has 6 nitrogen and oxygen atoms in total. The Bertz CT molecular complexity index is 763. The number of aromatic hydroxyl groups is 1. The number of anilines is 1. The SMILES string of the molecule is CCOC(=O)Cc1csc(NN=Cc2cc(C(C)(C)C)ccc2O)n1. The summed E-state index contributed by atoms with van der Waals surface area (Å²) in [5.74, 6) is -0.132. The van der Waals surface area contributed by atoms with Crippen molar-refractivity contribution in [2.75, 3.05) is 12.0 Å². The lowest BCUT2D eigenvalue weighted by molar-refractivity contribution is -0.142. The van der Waals surface area contributed by atoms with Crippen LogP contribution in [-0.2, 0) is 21.4 Å². The fourth-order valence-electron chi connectivity index (χ4n) is 2.08. The maximum absolute atomic E-state index is 11.4. The number of carbonyl (C=O) groups is 1. The maximum Gasteiger partial charge on any atom is 0.311 e. The molecule has 0 amide bonds. The van der Waals surface area contributed by atoms with Gasteiger partial charge in [-0.05, 0) is 30.0 Å². The van der Waals surface area contributed by atoms with Gasteiger partial charge >= 0.3 is 5.97 Å². The molecule has 2 aromatic rings. The number of carbonyl (C=O) groups excluding carboxylic acids is 1. The Morgan fingerprint density at radius 2 is 2.20 bits per heavy atom. The second-order valence-corrected chi connectivity index (χ2v) is 7.38. The molecule has 0 unspecified atom stereocenters. The highest BCUT2D eigenvalue weighted by molar-refractivity contribution is 7.13. The monoisotopic (exact) mass is 361 g/mol. The van der Waals surface area contributed by atoms with Crippen molar-refractivity contribution in [2.24, 2.45) is 5.10 Å². The smallest absolute Gasteiger partial charge is 0.311 e. The molecule has 0 radical (unpaired) electrons. The van der Waals surface area contributed by atoms with Gasteiger partial charge in [-0.25, -0.2) is 4.98 Å². The molecule has 0 atom stereocenters. The molecule has 0 aliphatic carbocycles. The van der Waals surface area contributed by atoms with E-state index in [2.05, 4.69) is 36.3 Å². The first-order valence-corrected chi connectivity index (χ1v) is 8.90. The number of aromatic nitrogens is 1. The zero-order valence-electron chi connectivity index (χ0n) is 14.9.